The van der Waals surface area contributed by atoms with Crippen molar-refractivity contribution in [3.63, 3.8) is 0 Å². The van der Waals surface area contributed by atoms with Crippen LogP contribution in [0.2, 0.25) is 0 Å². The molecule has 1 unspecified atom stereocenters. The van der Waals surface area contributed by atoms with Crippen LogP contribution < -0.4 is 10.1 Å². The van der Waals surface area contributed by atoms with Gasteiger partial charge in [0.25, 0.3) is 0 Å². The predicted molar refractivity (Wildman–Crippen MR) is 115 cm³/mol. The minimum absolute atomic E-state index is 0.0602. The highest BCUT2D eigenvalue weighted by atomic mass is 16.5. The molecule has 0 saturated carbocycles. The Balaban J connectivity index is 1.75. The van der Waals surface area contributed by atoms with Gasteiger partial charge in [-0.2, -0.15) is 5.26 Å². The monoisotopic (exact) mass is 387 g/mol. The summed E-state index contributed by atoms with van der Waals surface area (Å²) in [5.41, 5.74) is 3.07. The number of hydrogen-bond acceptors (Lipinski definition) is 3. The second-order valence-electron chi connectivity index (χ2n) is 6.78. The third-order valence-electron chi connectivity index (χ3n) is 4.94. The zero-order valence-corrected chi connectivity index (χ0v) is 16.8. The Labute approximate surface area is 171 Å². The van der Waals surface area contributed by atoms with Gasteiger partial charge in [-0.15, -0.1) is 0 Å². The van der Waals surface area contributed by atoms with Crippen LogP contribution in [0.5, 0.6) is 5.75 Å². The van der Waals surface area contributed by atoms with Crippen LogP contribution in [-0.4, -0.2) is 17.6 Å². The largest absolute Gasteiger partial charge is 0.497 e. The van der Waals surface area contributed by atoms with Crippen molar-refractivity contribution in [3.05, 3.63) is 71.9 Å². The lowest BCUT2D eigenvalue weighted by atomic mass is 10.0. The third-order valence-corrected chi connectivity index (χ3v) is 4.94. The lowest BCUT2D eigenvalue weighted by Gasteiger charge is -2.16. The smallest absolute Gasteiger partial charge is 0.244 e. The molecular formula is C24H25N3O2. The van der Waals surface area contributed by atoms with Gasteiger partial charge in [-0.05, 0) is 36.3 Å². The lowest BCUT2D eigenvalue weighted by Crippen LogP contribution is -2.26. The Morgan fingerprint density at radius 2 is 2.00 bits per heavy atom. The van der Waals surface area contributed by atoms with Crippen molar-refractivity contribution < 1.29 is 9.53 Å². The van der Waals surface area contributed by atoms with Crippen LogP contribution in [-0.2, 0) is 11.3 Å². The Morgan fingerprint density at radius 3 is 2.69 bits per heavy atom. The molecule has 148 valence electrons. The van der Waals surface area contributed by atoms with Crippen molar-refractivity contribution in [2.45, 2.75) is 32.4 Å². The molecule has 3 rings (SSSR count). The normalized spacial score (nSPS) is 12.0. The lowest BCUT2D eigenvalue weighted by molar-refractivity contribution is -0.117. The quantitative estimate of drug-likeness (QED) is 0.562. The van der Waals surface area contributed by atoms with Crippen molar-refractivity contribution in [1.82, 2.24) is 9.88 Å². The molecule has 0 fully saturated rings. The van der Waals surface area contributed by atoms with E-state index < -0.39 is 0 Å². The van der Waals surface area contributed by atoms with Gasteiger partial charge in [-0.25, -0.2) is 0 Å². The van der Waals surface area contributed by atoms with Crippen LogP contribution in [0, 0.1) is 11.3 Å². The van der Waals surface area contributed by atoms with E-state index in [9.17, 15) is 4.79 Å². The van der Waals surface area contributed by atoms with E-state index in [1.54, 1.807) is 13.2 Å². The average Bonchev–Trinajstić information content (AvgIpc) is 3.12. The first-order chi connectivity index (χ1) is 14.2. The summed E-state index contributed by atoms with van der Waals surface area (Å²) in [4.78, 5) is 12.5. The number of nitrogens with one attached hydrogen (secondary N) is 1. The fraction of sp³-hybridized carbons (Fsp3) is 0.250. The summed E-state index contributed by atoms with van der Waals surface area (Å²) in [6, 6.07) is 17.9. The fourth-order valence-corrected chi connectivity index (χ4v) is 3.41. The van der Waals surface area contributed by atoms with E-state index in [0.29, 0.717) is 13.0 Å². The van der Waals surface area contributed by atoms with Crippen molar-refractivity contribution >= 4 is 22.9 Å². The molecule has 0 bridgehead atoms. The zero-order chi connectivity index (χ0) is 20.6. The fourth-order valence-electron chi connectivity index (χ4n) is 3.41. The van der Waals surface area contributed by atoms with Gasteiger partial charge in [-0.1, -0.05) is 37.3 Å². The Kier molecular flexibility index (Phi) is 6.70. The molecule has 1 amide bonds. The van der Waals surface area contributed by atoms with E-state index >= 15 is 0 Å². The minimum Gasteiger partial charge on any atom is -0.497 e. The number of nitrogens with zero attached hydrogens (tertiary/aromatic N) is 2. The molecule has 1 aromatic heterocycles. The van der Waals surface area contributed by atoms with E-state index in [2.05, 4.69) is 16.0 Å². The SMILES string of the molecule is CCC(NC(=O)/C=C/c1cn(CCC#N)c2ccccc12)c1ccc(OC)cc1. The minimum atomic E-state index is -0.137. The van der Waals surface area contributed by atoms with Gasteiger partial charge < -0.3 is 14.6 Å². The second kappa shape index (κ2) is 9.61. The first-order valence-corrected chi connectivity index (χ1v) is 9.73. The van der Waals surface area contributed by atoms with Gasteiger partial charge in [0.05, 0.1) is 25.6 Å². The summed E-state index contributed by atoms with van der Waals surface area (Å²) in [7, 11) is 1.64. The van der Waals surface area contributed by atoms with E-state index in [-0.39, 0.29) is 11.9 Å². The predicted octanol–water partition coefficient (Wildman–Crippen LogP) is 4.84. The molecular weight excluding hydrogens is 362 g/mol. The molecule has 5 nitrogen and oxygen atoms in total. The molecule has 0 saturated heterocycles. The highest BCUT2D eigenvalue weighted by Crippen LogP contribution is 2.23. The molecule has 3 aromatic rings. The summed E-state index contributed by atoms with van der Waals surface area (Å²) in [5, 5.41) is 13.0. The first-order valence-electron chi connectivity index (χ1n) is 9.73. The van der Waals surface area contributed by atoms with Gasteiger partial charge in [0.15, 0.2) is 0 Å². The Hall–Kier alpha value is -3.52. The zero-order valence-electron chi connectivity index (χ0n) is 16.8. The summed E-state index contributed by atoms with van der Waals surface area (Å²) in [6.07, 6.45) is 6.64. The molecule has 0 aliphatic carbocycles. The Morgan fingerprint density at radius 1 is 1.24 bits per heavy atom. The summed E-state index contributed by atoms with van der Waals surface area (Å²) < 4.78 is 7.25. The van der Waals surface area contributed by atoms with E-state index in [1.165, 1.54) is 0 Å². The van der Waals surface area contributed by atoms with Gasteiger partial charge in [0.1, 0.15) is 5.75 Å². The molecule has 0 aliphatic rings. The van der Waals surface area contributed by atoms with Crippen molar-refractivity contribution in [1.29, 1.82) is 5.26 Å². The molecule has 0 spiro atoms. The standard InChI is InChI=1S/C24H25N3O2/c1-3-22(18-9-12-20(29-2)13-10-18)26-24(28)14-11-19-17-27(16-6-15-25)23-8-5-4-7-21(19)23/h4-5,7-14,17,22H,3,6,16H2,1-2H3,(H,26,28)/b14-11+. The number of carbonyl (C=O) groups is 1. The summed E-state index contributed by atoms with van der Waals surface area (Å²) in [6.45, 7) is 2.67. The van der Waals surface area contributed by atoms with Gasteiger partial charge in [-0.3, -0.25) is 4.79 Å². The number of hydrogen-bond donors (Lipinski definition) is 1. The number of carbonyl (C=O) groups excluding carboxylic acids is 1. The number of nitriles is 1. The van der Waals surface area contributed by atoms with Gasteiger partial charge in [0, 0.05) is 35.3 Å². The number of benzene rings is 2. The maximum Gasteiger partial charge on any atom is 0.244 e. The van der Waals surface area contributed by atoms with Gasteiger partial charge in [0.2, 0.25) is 5.91 Å². The Bertz CT molecular complexity index is 1040. The topological polar surface area (TPSA) is 67.0 Å². The third kappa shape index (κ3) is 4.85. The van der Waals surface area contributed by atoms with Crippen molar-refractivity contribution in [2.75, 3.05) is 7.11 Å². The van der Waals surface area contributed by atoms with Gasteiger partial charge >= 0.3 is 0 Å². The van der Waals surface area contributed by atoms with Crippen LogP contribution in [0.15, 0.2) is 60.8 Å². The van der Waals surface area contributed by atoms with E-state index in [1.807, 2.05) is 67.7 Å². The number of fused-ring (bicyclic) bond motifs is 1. The van der Waals surface area contributed by atoms with E-state index in [4.69, 9.17) is 10.00 Å². The molecule has 1 heterocycles. The number of rotatable bonds is 8. The van der Waals surface area contributed by atoms with Crippen LogP contribution in [0.1, 0.15) is 36.9 Å². The highest BCUT2D eigenvalue weighted by Gasteiger charge is 2.12. The number of aryl methyl sites for hydroxylation is 1. The van der Waals surface area contributed by atoms with Crippen molar-refractivity contribution in [2.24, 2.45) is 0 Å². The molecule has 1 N–H and O–H groups in total. The van der Waals surface area contributed by atoms with Crippen molar-refractivity contribution in [3.8, 4) is 11.8 Å². The summed E-state index contributed by atoms with van der Waals surface area (Å²) in [5.74, 6) is 0.657. The maximum atomic E-state index is 12.5. The average molecular weight is 387 g/mol. The molecule has 2 aromatic carbocycles. The number of para-hydroxylation sites is 1. The molecule has 1 atom stereocenters. The van der Waals surface area contributed by atoms with Crippen LogP contribution in [0.3, 0.4) is 0 Å². The van der Waals surface area contributed by atoms with E-state index in [0.717, 1.165) is 34.2 Å². The molecule has 29 heavy (non-hydrogen) atoms. The summed E-state index contributed by atoms with van der Waals surface area (Å²) >= 11 is 0. The number of aromatic nitrogens is 1. The number of methoxy groups -OCH3 is 1. The highest BCUT2D eigenvalue weighted by molar-refractivity contribution is 5.96. The van der Waals surface area contributed by atoms with Crippen LogP contribution in [0.25, 0.3) is 17.0 Å². The second-order valence-corrected chi connectivity index (χ2v) is 6.78. The maximum absolute atomic E-state index is 12.5. The first kappa shape index (κ1) is 20.2. The van der Waals surface area contributed by atoms with Crippen LogP contribution in [0.4, 0.5) is 0 Å². The number of amides is 1. The number of ether oxygens (including phenoxy) is 1. The molecule has 5 heteroatoms. The molecule has 0 radical (unpaired) electrons. The molecule has 0 aliphatic heterocycles. The van der Waals surface area contributed by atoms with Crippen LogP contribution >= 0.6 is 0 Å².